The summed E-state index contributed by atoms with van der Waals surface area (Å²) in [7, 11) is 0. The Bertz CT molecular complexity index is 1570. The molecule has 0 aromatic heterocycles. The van der Waals surface area contributed by atoms with E-state index in [0.717, 1.165) is 16.3 Å². The summed E-state index contributed by atoms with van der Waals surface area (Å²) < 4.78 is 6.00. The van der Waals surface area contributed by atoms with Gasteiger partial charge < -0.3 is 9.84 Å². The second kappa shape index (κ2) is 8.10. The zero-order chi connectivity index (χ0) is 24.2. The molecule has 2 bridgehead atoms. The van der Waals surface area contributed by atoms with Gasteiger partial charge in [0.2, 0.25) is 0 Å². The second-order valence-electron chi connectivity index (χ2n) is 9.72. The number of para-hydroxylation sites is 1. The maximum Gasteiger partial charge on any atom is 0.315 e. The fraction of sp³-hybridized carbons (Fsp3) is 0.121. The molecular weight excluding hydrogens is 444 g/mol. The molecular formula is C33H24O3. The van der Waals surface area contributed by atoms with Gasteiger partial charge in [-0.2, -0.15) is 0 Å². The van der Waals surface area contributed by atoms with Crippen molar-refractivity contribution < 1.29 is 14.6 Å². The van der Waals surface area contributed by atoms with Crippen LogP contribution in [0, 0.1) is 5.92 Å². The molecule has 0 heterocycles. The molecule has 8 rings (SSSR count). The van der Waals surface area contributed by atoms with Gasteiger partial charge in [0, 0.05) is 23.1 Å². The first-order chi connectivity index (χ1) is 17.7. The predicted octanol–water partition coefficient (Wildman–Crippen LogP) is 7.14. The van der Waals surface area contributed by atoms with E-state index in [9.17, 15) is 9.90 Å². The SMILES string of the molecule is O=C(Oc1ccccc1)C1C2c3ccccc3C(c3ccccc32)C1c1ccc2ccccc2c1O. The molecule has 0 saturated carbocycles. The summed E-state index contributed by atoms with van der Waals surface area (Å²) in [4.78, 5) is 14.0. The standard InChI is InChI=1S/C33H24O3/c34-32-22-13-5-4-10-20(22)18-19-27(32)30-28-23-14-6-8-16-25(23)29(26-17-9-7-15-24(26)28)31(30)33(35)36-21-11-2-1-3-12-21/h1-19,28-31,34H. The summed E-state index contributed by atoms with van der Waals surface area (Å²) in [6, 6.07) is 38.0. The Morgan fingerprint density at radius 3 is 1.81 bits per heavy atom. The van der Waals surface area contributed by atoms with E-state index in [1.54, 1.807) is 0 Å². The molecule has 2 unspecified atom stereocenters. The van der Waals surface area contributed by atoms with Crippen molar-refractivity contribution in [1.82, 2.24) is 0 Å². The number of phenolic OH excluding ortho intramolecular Hbond substituents is 1. The van der Waals surface area contributed by atoms with Crippen LogP contribution in [-0.2, 0) is 4.79 Å². The van der Waals surface area contributed by atoms with Crippen LogP contribution < -0.4 is 4.74 Å². The van der Waals surface area contributed by atoms with Crippen molar-refractivity contribution in [2.45, 2.75) is 17.8 Å². The highest BCUT2D eigenvalue weighted by molar-refractivity contribution is 5.90. The Balaban J connectivity index is 1.48. The van der Waals surface area contributed by atoms with Crippen molar-refractivity contribution in [3.63, 3.8) is 0 Å². The molecule has 0 aliphatic heterocycles. The van der Waals surface area contributed by atoms with E-state index in [4.69, 9.17) is 4.74 Å². The molecule has 0 amide bonds. The molecule has 36 heavy (non-hydrogen) atoms. The largest absolute Gasteiger partial charge is 0.507 e. The summed E-state index contributed by atoms with van der Waals surface area (Å²) in [5.74, 6) is -0.451. The van der Waals surface area contributed by atoms with Crippen LogP contribution in [0.25, 0.3) is 10.8 Å². The van der Waals surface area contributed by atoms with Crippen molar-refractivity contribution in [2.75, 3.05) is 0 Å². The van der Waals surface area contributed by atoms with E-state index in [0.29, 0.717) is 5.75 Å². The second-order valence-corrected chi connectivity index (χ2v) is 9.72. The number of hydrogen-bond donors (Lipinski definition) is 1. The van der Waals surface area contributed by atoms with Crippen molar-refractivity contribution in [2.24, 2.45) is 5.92 Å². The first kappa shape index (κ1) is 21.0. The van der Waals surface area contributed by atoms with Gasteiger partial charge in [-0.05, 0) is 45.3 Å². The number of benzene rings is 5. The topological polar surface area (TPSA) is 46.5 Å². The highest BCUT2D eigenvalue weighted by Crippen LogP contribution is 2.63. The zero-order valence-electron chi connectivity index (χ0n) is 19.5. The average Bonchev–Trinajstić information content (AvgIpc) is 2.93. The Morgan fingerprint density at radius 2 is 1.14 bits per heavy atom. The van der Waals surface area contributed by atoms with E-state index in [-0.39, 0.29) is 29.5 Å². The summed E-state index contributed by atoms with van der Waals surface area (Å²) in [6.45, 7) is 0. The number of phenols is 1. The average molecular weight is 469 g/mol. The van der Waals surface area contributed by atoms with E-state index in [1.165, 1.54) is 22.3 Å². The van der Waals surface area contributed by atoms with Gasteiger partial charge in [-0.3, -0.25) is 4.79 Å². The first-order valence-corrected chi connectivity index (χ1v) is 12.4. The third-order valence-electron chi connectivity index (χ3n) is 7.96. The number of esters is 1. The lowest BCUT2D eigenvalue weighted by molar-refractivity contribution is -0.141. The maximum absolute atomic E-state index is 14.0. The highest BCUT2D eigenvalue weighted by atomic mass is 16.5. The minimum absolute atomic E-state index is 0.0669. The van der Waals surface area contributed by atoms with Gasteiger partial charge >= 0.3 is 5.97 Å². The molecule has 2 atom stereocenters. The predicted molar refractivity (Wildman–Crippen MR) is 140 cm³/mol. The quantitative estimate of drug-likeness (QED) is 0.226. The molecule has 5 aromatic rings. The van der Waals surface area contributed by atoms with Crippen LogP contribution in [0.3, 0.4) is 0 Å². The Hall–Kier alpha value is -4.37. The van der Waals surface area contributed by atoms with Gasteiger partial charge in [0.15, 0.2) is 0 Å². The highest BCUT2D eigenvalue weighted by Gasteiger charge is 2.54. The number of ether oxygens (including phenoxy) is 1. The van der Waals surface area contributed by atoms with Crippen LogP contribution in [0.5, 0.6) is 11.5 Å². The van der Waals surface area contributed by atoms with Gasteiger partial charge in [0.1, 0.15) is 11.5 Å². The van der Waals surface area contributed by atoms with Crippen LogP contribution in [0.4, 0.5) is 0 Å². The molecule has 3 aliphatic rings. The lowest BCUT2D eigenvalue weighted by Gasteiger charge is -2.50. The smallest absolute Gasteiger partial charge is 0.315 e. The number of hydrogen-bond acceptors (Lipinski definition) is 3. The Morgan fingerprint density at radius 1 is 0.583 bits per heavy atom. The van der Waals surface area contributed by atoms with Crippen LogP contribution in [0.15, 0.2) is 115 Å². The van der Waals surface area contributed by atoms with Gasteiger partial charge in [0.25, 0.3) is 0 Å². The normalized spacial score (nSPS) is 21.6. The molecule has 0 radical (unpaired) electrons. The number of aromatic hydroxyl groups is 1. The van der Waals surface area contributed by atoms with Crippen LogP contribution in [0.2, 0.25) is 0 Å². The van der Waals surface area contributed by atoms with E-state index >= 15 is 0 Å². The summed E-state index contributed by atoms with van der Waals surface area (Å²) >= 11 is 0. The number of carbonyl (C=O) groups is 1. The van der Waals surface area contributed by atoms with Crippen molar-refractivity contribution in [1.29, 1.82) is 0 Å². The van der Waals surface area contributed by atoms with Crippen LogP contribution in [-0.4, -0.2) is 11.1 Å². The zero-order valence-corrected chi connectivity index (χ0v) is 19.5. The minimum atomic E-state index is -0.480. The summed E-state index contributed by atoms with van der Waals surface area (Å²) in [5, 5.41) is 13.3. The van der Waals surface area contributed by atoms with Gasteiger partial charge in [0.05, 0.1) is 5.92 Å². The van der Waals surface area contributed by atoms with Gasteiger partial charge in [-0.1, -0.05) is 103 Å². The van der Waals surface area contributed by atoms with E-state index in [2.05, 4.69) is 36.4 Å². The van der Waals surface area contributed by atoms with Crippen molar-refractivity contribution in [3.8, 4) is 11.5 Å². The van der Waals surface area contributed by atoms with Crippen LogP contribution in [0.1, 0.15) is 45.6 Å². The minimum Gasteiger partial charge on any atom is -0.507 e. The molecule has 0 saturated heterocycles. The first-order valence-electron chi connectivity index (χ1n) is 12.4. The van der Waals surface area contributed by atoms with E-state index in [1.807, 2.05) is 78.9 Å². The van der Waals surface area contributed by atoms with Crippen LogP contribution >= 0.6 is 0 Å². The lowest BCUT2D eigenvalue weighted by atomic mass is 9.52. The molecule has 0 fully saturated rings. The third-order valence-corrected chi connectivity index (χ3v) is 7.96. The van der Waals surface area contributed by atoms with Crippen molar-refractivity contribution >= 4 is 16.7 Å². The monoisotopic (exact) mass is 468 g/mol. The third kappa shape index (κ3) is 3.02. The van der Waals surface area contributed by atoms with Crippen molar-refractivity contribution in [3.05, 3.63) is 143 Å². The van der Waals surface area contributed by atoms with E-state index < -0.39 is 5.92 Å². The molecule has 1 N–H and O–H groups in total. The molecule has 0 spiro atoms. The lowest BCUT2D eigenvalue weighted by Crippen LogP contribution is -2.43. The fourth-order valence-corrected chi connectivity index (χ4v) is 6.55. The number of rotatable bonds is 3. The number of carbonyl (C=O) groups excluding carboxylic acids is 1. The molecule has 3 heteroatoms. The Labute approximate surface area is 209 Å². The van der Waals surface area contributed by atoms with Gasteiger partial charge in [-0.15, -0.1) is 0 Å². The number of fused-ring (bicyclic) bond motifs is 2. The maximum atomic E-state index is 14.0. The Kier molecular flexibility index (Phi) is 4.71. The van der Waals surface area contributed by atoms with Gasteiger partial charge in [-0.25, -0.2) is 0 Å². The molecule has 3 nitrogen and oxygen atoms in total. The molecule has 174 valence electrons. The summed E-state index contributed by atoms with van der Waals surface area (Å²) in [5.41, 5.74) is 5.59. The summed E-state index contributed by atoms with van der Waals surface area (Å²) in [6.07, 6.45) is 0. The molecule has 3 aliphatic carbocycles. The molecule has 5 aromatic carbocycles. The fourth-order valence-electron chi connectivity index (χ4n) is 6.55.